The molecule has 0 bridgehead atoms. The number of rotatable bonds is 1. The quantitative estimate of drug-likeness (QED) is 0.290. The first kappa shape index (κ1) is 8.87. The summed E-state index contributed by atoms with van der Waals surface area (Å²) < 4.78 is -1.56. The van der Waals surface area contributed by atoms with Crippen LogP contribution in [0.15, 0.2) is 17.1 Å². The number of hydrogen-bond acceptors (Lipinski definition) is 4. The van der Waals surface area contributed by atoms with Crippen LogP contribution in [0, 0.1) is 21.4 Å². The van der Waals surface area contributed by atoms with Crippen molar-refractivity contribution in [2.45, 2.75) is 10.5 Å². The Hall–Kier alpha value is -1.22. The van der Waals surface area contributed by atoms with Crippen LogP contribution in [0.2, 0.25) is 0 Å². The van der Waals surface area contributed by atoms with Crippen LogP contribution in [0.4, 0.5) is 0 Å². The predicted octanol–water partition coefficient (Wildman–Crippen LogP) is 0.887. The van der Waals surface area contributed by atoms with Gasteiger partial charge in [-0.2, -0.15) is 5.26 Å². The number of alkyl halides is 1. The minimum Gasteiger partial charge on any atom is -0.266 e. The van der Waals surface area contributed by atoms with Gasteiger partial charge in [0.1, 0.15) is 0 Å². The molecule has 6 heteroatoms. The third kappa shape index (κ3) is 1.23. The highest BCUT2D eigenvalue weighted by Crippen LogP contribution is 2.28. The van der Waals surface area contributed by atoms with Gasteiger partial charge in [-0.25, -0.2) is 0 Å². The van der Waals surface area contributed by atoms with E-state index in [1.165, 1.54) is 18.4 Å². The van der Waals surface area contributed by atoms with E-state index in [1.54, 1.807) is 6.07 Å². The van der Waals surface area contributed by atoms with Crippen molar-refractivity contribution < 1.29 is 4.92 Å². The van der Waals surface area contributed by atoms with E-state index in [4.69, 9.17) is 5.26 Å². The second-order valence-electron chi connectivity index (χ2n) is 2.17. The summed E-state index contributed by atoms with van der Waals surface area (Å²) in [7, 11) is 0. The van der Waals surface area contributed by atoms with Crippen LogP contribution in [-0.2, 0) is 0 Å². The average Bonchev–Trinajstić information content (AvgIpc) is 2.05. The van der Waals surface area contributed by atoms with Gasteiger partial charge < -0.3 is 0 Å². The summed E-state index contributed by atoms with van der Waals surface area (Å²) in [5.74, 6) is 0. The van der Waals surface area contributed by atoms with Crippen LogP contribution in [0.3, 0.4) is 0 Å². The van der Waals surface area contributed by atoms with E-state index in [-0.39, 0.29) is 0 Å². The lowest BCUT2D eigenvalue weighted by Crippen LogP contribution is -2.41. The first-order valence-electron chi connectivity index (χ1n) is 3.05. The maximum absolute atomic E-state index is 10.5. The molecule has 0 amide bonds. The third-order valence-corrected chi connectivity index (χ3v) is 2.42. The van der Waals surface area contributed by atoms with Crippen molar-refractivity contribution in [1.82, 2.24) is 0 Å². The lowest BCUT2D eigenvalue weighted by atomic mass is 10.1. The smallest absolute Gasteiger partial charge is 0.266 e. The molecule has 0 spiro atoms. The molecule has 0 N–H and O–H groups in total. The molecule has 0 aliphatic carbocycles. The molecule has 1 aliphatic rings. The maximum Gasteiger partial charge on any atom is 0.328 e. The molecule has 2 unspecified atom stereocenters. The van der Waals surface area contributed by atoms with Gasteiger partial charge in [0.25, 0.3) is 0 Å². The van der Waals surface area contributed by atoms with Crippen LogP contribution < -0.4 is 0 Å². The number of allylic oxidation sites excluding steroid dienone is 1. The molecule has 0 fully saturated rings. The van der Waals surface area contributed by atoms with E-state index in [2.05, 4.69) is 20.9 Å². The highest BCUT2D eigenvalue weighted by Gasteiger charge is 2.47. The molecule has 0 saturated carbocycles. The molecule has 1 aliphatic heterocycles. The molecule has 2 atom stereocenters. The SMILES string of the molecule is N#CC1N=CC=CC1(Br)[N+](=O)[O-]. The summed E-state index contributed by atoms with van der Waals surface area (Å²) in [5, 5.41) is 19.1. The van der Waals surface area contributed by atoms with Crippen molar-refractivity contribution in [3.05, 3.63) is 22.3 Å². The Morgan fingerprint density at radius 2 is 2.50 bits per heavy atom. The molecule has 5 nitrogen and oxygen atoms in total. The van der Waals surface area contributed by atoms with Crippen molar-refractivity contribution in [2.75, 3.05) is 0 Å². The van der Waals surface area contributed by atoms with Crippen molar-refractivity contribution in [1.29, 1.82) is 5.26 Å². The molecule has 12 heavy (non-hydrogen) atoms. The molecule has 1 heterocycles. The van der Waals surface area contributed by atoms with Crippen LogP contribution in [0.1, 0.15) is 0 Å². The van der Waals surface area contributed by atoms with Crippen molar-refractivity contribution >= 4 is 22.1 Å². The third-order valence-electron chi connectivity index (χ3n) is 1.44. The Balaban J connectivity index is 3.05. The molecular formula is C6H4BrN3O2. The molecular weight excluding hydrogens is 226 g/mol. The number of halogens is 1. The number of nitro groups is 1. The summed E-state index contributed by atoms with van der Waals surface area (Å²) in [5.41, 5.74) is 0. The standard InChI is InChI=1S/C6H4BrN3O2/c7-6(10(11)12)2-1-3-9-5(6)4-8/h1-3,5H. The van der Waals surface area contributed by atoms with E-state index in [0.717, 1.165) is 0 Å². The Labute approximate surface area is 76.7 Å². The minimum absolute atomic E-state index is 0.576. The molecule has 1 rings (SSSR count). The largest absolute Gasteiger partial charge is 0.328 e. The number of dihydropyridines is 1. The zero-order valence-corrected chi connectivity index (χ0v) is 7.43. The molecule has 0 aromatic heterocycles. The van der Waals surface area contributed by atoms with Crippen LogP contribution in [0.5, 0.6) is 0 Å². The average molecular weight is 230 g/mol. The molecule has 0 radical (unpaired) electrons. The van der Waals surface area contributed by atoms with Gasteiger partial charge in [0.2, 0.25) is 6.04 Å². The summed E-state index contributed by atoms with van der Waals surface area (Å²) in [4.78, 5) is 13.6. The van der Waals surface area contributed by atoms with Crippen LogP contribution >= 0.6 is 15.9 Å². The van der Waals surface area contributed by atoms with E-state index in [0.29, 0.717) is 0 Å². The number of nitriles is 1. The van der Waals surface area contributed by atoms with Gasteiger partial charge in [-0.1, -0.05) is 0 Å². The zero-order chi connectivity index (χ0) is 9.19. The molecule has 0 aromatic rings. The van der Waals surface area contributed by atoms with E-state index >= 15 is 0 Å². The van der Waals surface area contributed by atoms with E-state index in [9.17, 15) is 10.1 Å². The predicted molar refractivity (Wildman–Crippen MR) is 45.7 cm³/mol. The van der Waals surface area contributed by atoms with Crippen LogP contribution in [0.25, 0.3) is 0 Å². The first-order valence-corrected chi connectivity index (χ1v) is 3.84. The fourth-order valence-corrected chi connectivity index (χ4v) is 1.17. The number of aliphatic imine (C=N–C) groups is 1. The lowest BCUT2D eigenvalue weighted by Gasteiger charge is -2.18. The Morgan fingerprint density at radius 3 is 2.92 bits per heavy atom. The second kappa shape index (κ2) is 3.03. The van der Waals surface area contributed by atoms with Gasteiger partial charge >= 0.3 is 4.45 Å². The summed E-state index contributed by atoms with van der Waals surface area (Å²) in [6, 6.07) is 0.736. The Kier molecular flexibility index (Phi) is 2.24. The Morgan fingerprint density at radius 1 is 1.83 bits per heavy atom. The second-order valence-corrected chi connectivity index (χ2v) is 3.44. The first-order chi connectivity index (χ1) is 5.61. The number of hydrogen-bond donors (Lipinski definition) is 0. The monoisotopic (exact) mass is 229 g/mol. The zero-order valence-electron chi connectivity index (χ0n) is 5.85. The normalized spacial score (nSPS) is 32.8. The van der Waals surface area contributed by atoms with Crippen LogP contribution in [-0.4, -0.2) is 21.6 Å². The summed E-state index contributed by atoms with van der Waals surface area (Å²) in [6.45, 7) is 0. The summed E-state index contributed by atoms with van der Waals surface area (Å²) in [6.07, 6.45) is 4.11. The molecule has 0 aromatic carbocycles. The molecule has 0 saturated heterocycles. The Bertz CT molecular complexity index is 306. The lowest BCUT2D eigenvalue weighted by molar-refractivity contribution is -0.522. The molecule has 62 valence electrons. The topological polar surface area (TPSA) is 79.3 Å². The van der Waals surface area contributed by atoms with Gasteiger partial charge in [0.05, 0.1) is 6.07 Å². The fraction of sp³-hybridized carbons (Fsp3) is 0.333. The van der Waals surface area contributed by atoms with Gasteiger partial charge in [-0.05, 0) is 6.08 Å². The van der Waals surface area contributed by atoms with Gasteiger partial charge in [0.15, 0.2) is 0 Å². The van der Waals surface area contributed by atoms with Crippen molar-refractivity contribution in [3.8, 4) is 6.07 Å². The number of nitrogens with zero attached hydrogens (tertiary/aromatic N) is 3. The van der Waals surface area contributed by atoms with Crippen molar-refractivity contribution in [2.24, 2.45) is 4.99 Å². The maximum atomic E-state index is 10.5. The van der Waals surface area contributed by atoms with Crippen molar-refractivity contribution in [3.63, 3.8) is 0 Å². The highest BCUT2D eigenvalue weighted by molar-refractivity contribution is 9.10. The van der Waals surface area contributed by atoms with Gasteiger partial charge in [-0.15, -0.1) is 0 Å². The fourth-order valence-electron chi connectivity index (χ4n) is 0.794. The minimum atomic E-state index is -1.56. The van der Waals surface area contributed by atoms with E-state index in [1.807, 2.05) is 0 Å². The highest BCUT2D eigenvalue weighted by atomic mass is 79.9. The van der Waals surface area contributed by atoms with Gasteiger partial charge in [0, 0.05) is 33.1 Å². The van der Waals surface area contributed by atoms with Gasteiger partial charge in [-0.3, -0.25) is 15.1 Å². The summed E-state index contributed by atoms with van der Waals surface area (Å²) >= 11 is 2.86. The van der Waals surface area contributed by atoms with E-state index < -0.39 is 15.4 Å².